The van der Waals surface area contributed by atoms with Crippen LogP contribution < -0.4 is 54.0 Å². The minimum absolute atomic E-state index is 0.0594. The Kier molecular flexibility index (Phi) is 38.0. The van der Waals surface area contributed by atoms with Gasteiger partial charge >= 0.3 is 0 Å². The maximum atomic E-state index is 14.9. The van der Waals surface area contributed by atoms with E-state index in [1.807, 2.05) is 0 Å². The van der Waals surface area contributed by atoms with Crippen LogP contribution in [0.1, 0.15) is 195 Å². The molecule has 10 amide bonds. The number of thioether (sulfide) groups is 1. The lowest BCUT2D eigenvalue weighted by molar-refractivity contribution is -0.870. The maximum Gasteiger partial charge on any atom is 0.268 e. The topological polar surface area (TPSA) is 440 Å². The fourth-order valence-corrected chi connectivity index (χ4v) is 11.7. The number of nitrogens with two attached hydrogens (primary N) is 2. The number of carbonyl (C=O) groups excluding carboxylic acids is 10. The van der Waals surface area contributed by atoms with Gasteiger partial charge in [-0.15, -0.1) is 11.8 Å². The van der Waals surface area contributed by atoms with Crippen LogP contribution in [0.5, 0.6) is 0 Å². The summed E-state index contributed by atoms with van der Waals surface area (Å²) in [5.41, 5.74) is 8.19. The van der Waals surface area contributed by atoms with Crippen LogP contribution in [0.25, 0.3) is 0 Å². The summed E-state index contributed by atoms with van der Waals surface area (Å²) < 4.78 is 0.857. The van der Waals surface area contributed by atoms with E-state index in [4.69, 9.17) is 11.5 Å². The molecule has 9 unspecified atom stereocenters. The van der Waals surface area contributed by atoms with Gasteiger partial charge in [-0.2, -0.15) is 0 Å². The summed E-state index contributed by atoms with van der Waals surface area (Å²) >= 11 is 0.827. The fourth-order valence-electron chi connectivity index (χ4n) is 10.9. The van der Waals surface area contributed by atoms with E-state index in [0.29, 0.717) is 25.7 Å². The molecule has 0 aromatic heterocycles. The Morgan fingerprint density at radius 2 is 1.10 bits per heavy atom. The number of hydrogen-bond acceptors (Lipinski definition) is 17. The van der Waals surface area contributed by atoms with Crippen molar-refractivity contribution in [1.29, 1.82) is 0 Å². The summed E-state index contributed by atoms with van der Waals surface area (Å²) in [7, 11) is 6.36. The van der Waals surface area contributed by atoms with Gasteiger partial charge in [0, 0.05) is 18.4 Å². The highest BCUT2D eigenvalue weighted by atomic mass is 32.2. The third-order valence-electron chi connectivity index (χ3n) is 16.4. The van der Waals surface area contributed by atoms with Crippen molar-refractivity contribution in [2.75, 3.05) is 33.4 Å². The lowest BCUT2D eigenvalue weighted by Crippen LogP contribution is -2.68. The average molecular weight is 1310 g/mol. The molecule has 2 aliphatic rings. The standard InChI is InChI=1S/C63H111N11O16S/c1-9-47-58(86)72-54(39(2)3)61(89)73-63(38-91-30-28-66-57(85)48(35-52(64)81)69-59(87)49(36-53(65)82)71-62(63)90)37-50(60(88)68-47)70-56(84)41(5)67-55(83)40(4)51(80)27-22-20-18-16-14-12-10-11-13-15-17-19-21-25-42(75)31-44(77)33-46(79)34-45(78)32-43(76)26-23-24-29-74(6,7)8/h9,28,30,39-46,48-51,54,75-80H,10-27,29,31-38H2,1-8H3,(H11-,64,65,66,67,68,69,70,71,72,73,81,82,83,84,85,86,87,88,89,90)/p+1/b30-28-,47-9-/t40?,41-,42?,43?,44?,45?,46?,48-,49-,50?,51?,54-,63?/m0/s1. The number of hydrogen-bond donors (Lipinski definition) is 16. The van der Waals surface area contributed by atoms with Crippen molar-refractivity contribution in [2.24, 2.45) is 23.3 Å². The van der Waals surface area contributed by atoms with Gasteiger partial charge in [0.05, 0.1) is 83.1 Å². The second kappa shape index (κ2) is 42.5. The molecule has 0 radical (unpaired) electrons. The first-order valence-electron chi connectivity index (χ1n) is 32.6. The number of allylic oxidation sites excluding steroid dienone is 1. The predicted molar refractivity (Wildman–Crippen MR) is 345 cm³/mol. The summed E-state index contributed by atoms with van der Waals surface area (Å²) in [6, 6.07) is -7.91. The van der Waals surface area contributed by atoms with Crippen LogP contribution in [-0.4, -0.2) is 200 Å². The molecule has 2 heterocycles. The Morgan fingerprint density at radius 1 is 0.626 bits per heavy atom. The molecule has 2 aliphatic heterocycles. The first kappa shape index (κ1) is 81.3. The number of amides is 10. The van der Waals surface area contributed by atoms with Crippen molar-refractivity contribution >= 4 is 70.8 Å². The third kappa shape index (κ3) is 33.1. The number of nitrogens with one attached hydrogen (secondary N) is 8. The van der Waals surface area contributed by atoms with E-state index in [1.165, 1.54) is 32.3 Å². The highest BCUT2D eigenvalue weighted by Gasteiger charge is 2.48. The van der Waals surface area contributed by atoms with Crippen LogP contribution in [0.4, 0.5) is 0 Å². The molecule has 1 spiro atoms. The average Bonchev–Trinajstić information content (AvgIpc) is 1.75. The van der Waals surface area contributed by atoms with E-state index in [2.05, 4.69) is 63.7 Å². The predicted octanol–water partition coefficient (Wildman–Crippen LogP) is 0.540. The molecule has 18 N–H and O–H groups in total. The number of primary amides is 2. The molecule has 0 bridgehead atoms. The number of rotatable bonds is 39. The Balaban J connectivity index is 1.91. The van der Waals surface area contributed by atoms with Crippen molar-refractivity contribution in [2.45, 2.75) is 268 Å². The molecular formula is C63H112N11O16S+. The normalized spacial score (nSPS) is 23.3. The van der Waals surface area contributed by atoms with Crippen molar-refractivity contribution in [3.8, 4) is 0 Å². The quantitative estimate of drug-likeness (QED) is 0.0227. The largest absolute Gasteiger partial charge is 0.393 e. The molecule has 13 atom stereocenters. The van der Waals surface area contributed by atoms with Gasteiger partial charge in [0.1, 0.15) is 41.4 Å². The van der Waals surface area contributed by atoms with Crippen LogP contribution in [0.15, 0.2) is 23.4 Å². The summed E-state index contributed by atoms with van der Waals surface area (Å²) in [5, 5.41) is 84.2. The molecule has 91 heavy (non-hydrogen) atoms. The van der Waals surface area contributed by atoms with Crippen molar-refractivity contribution in [3.63, 3.8) is 0 Å². The van der Waals surface area contributed by atoms with E-state index in [9.17, 15) is 78.6 Å². The van der Waals surface area contributed by atoms with Gasteiger partial charge in [0.25, 0.3) is 5.91 Å². The monoisotopic (exact) mass is 1310 g/mol. The maximum absolute atomic E-state index is 14.9. The van der Waals surface area contributed by atoms with Gasteiger partial charge in [-0.1, -0.05) is 110 Å². The van der Waals surface area contributed by atoms with E-state index >= 15 is 0 Å². The molecule has 0 aromatic carbocycles. The van der Waals surface area contributed by atoms with Crippen molar-refractivity contribution in [3.05, 3.63) is 23.4 Å². The summed E-state index contributed by atoms with van der Waals surface area (Å²) in [5.74, 6) is -11.8. The molecule has 27 nitrogen and oxygen atoms in total. The summed E-state index contributed by atoms with van der Waals surface area (Å²) in [6.07, 6.45) is 11.9. The van der Waals surface area contributed by atoms with Gasteiger partial charge in [0.15, 0.2) is 0 Å². The second-order valence-electron chi connectivity index (χ2n) is 26.3. The molecule has 1 saturated heterocycles. The number of unbranched alkanes of at least 4 members (excludes halogenated alkanes) is 13. The van der Waals surface area contributed by atoms with Crippen LogP contribution in [0.2, 0.25) is 0 Å². The first-order chi connectivity index (χ1) is 42.8. The Hall–Kier alpha value is -5.75. The zero-order valence-corrected chi connectivity index (χ0v) is 55.9. The van der Waals surface area contributed by atoms with Crippen LogP contribution in [0.3, 0.4) is 0 Å². The van der Waals surface area contributed by atoms with E-state index in [0.717, 1.165) is 119 Å². The lowest BCUT2D eigenvalue weighted by Gasteiger charge is -2.38. The van der Waals surface area contributed by atoms with Crippen LogP contribution in [0, 0.1) is 11.8 Å². The molecule has 520 valence electrons. The zero-order chi connectivity index (χ0) is 68.4. The first-order valence-corrected chi connectivity index (χ1v) is 33.7. The van der Waals surface area contributed by atoms with E-state index < -0.39 is 168 Å². The number of aliphatic hydroxyl groups excluding tert-OH is 6. The van der Waals surface area contributed by atoms with Gasteiger partial charge in [0.2, 0.25) is 53.2 Å². The van der Waals surface area contributed by atoms with Crippen LogP contribution >= 0.6 is 11.8 Å². The van der Waals surface area contributed by atoms with Crippen molar-refractivity contribution in [1.82, 2.24) is 42.5 Å². The fraction of sp³-hybridized carbons (Fsp3) is 0.778. The van der Waals surface area contributed by atoms with Crippen LogP contribution in [-0.2, 0) is 47.9 Å². The highest BCUT2D eigenvalue weighted by molar-refractivity contribution is 8.02. The molecular weight excluding hydrogens is 1200 g/mol. The molecule has 28 heteroatoms. The number of carbonyl (C=O) groups is 10. The third-order valence-corrected chi connectivity index (χ3v) is 17.4. The van der Waals surface area contributed by atoms with Gasteiger partial charge in [-0.05, 0) is 83.0 Å². The Bertz CT molecular complexity index is 2400. The molecule has 0 aliphatic carbocycles. The lowest BCUT2D eigenvalue weighted by atomic mass is 9.89. The summed E-state index contributed by atoms with van der Waals surface area (Å²) in [6.45, 7) is 8.49. The van der Waals surface area contributed by atoms with Crippen molar-refractivity contribution < 1.29 is 83.1 Å². The minimum Gasteiger partial charge on any atom is -0.393 e. The highest BCUT2D eigenvalue weighted by Crippen LogP contribution is 2.26. The smallest absolute Gasteiger partial charge is 0.268 e. The van der Waals surface area contributed by atoms with E-state index in [-0.39, 0.29) is 31.4 Å². The Labute approximate surface area is 542 Å². The molecule has 2 rings (SSSR count). The number of aliphatic hydroxyl groups is 6. The van der Waals surface area contributed by atoms with E-state index in [1.54, 1.807) is 13.8 Å². The van der Waals surface area contributed by atoms with Gasteiger partial charge in [-0.3, -0.25) is 47.9 Å². The zero-order valence-electron chi connectivity index (χ0n) is 55.1. The Morgan fingerprint density at radius 3 is 1.58 bits per heavy atom. The second-order valence-corrected chi connectivity index (χ2v) is 27.1. The number of quaternary nitrogens is 1. The SMILES string of the molecule is C/C=C1\NC(=O)C(NC(=O)[C@H](C)NC(=O)C(C)C(O)CCCCCCCCCCCCCCCC(O)CC(O)CC(O)CC(O)CC(O)CCCC[N+](C)(C)C)CC2(CS/C=C\NC(=O)[C@H](CC(N)=O)NC(=O)[C@H](CC(N)=O)NC2=O)NC(=O)[C@H](C(C)C)NC1=O. The van der Waals surface area contributed by atoms with Gasteiger partial charge < -0.3 is 89.1 Å². The van der Waals surface area contributed by atoms with Gasteiger partial charge in [-0.25, -0.2) is 0 Å². The molecule has 0 saturated carbocycles. The molecule has 1 fully saturated rings. The summed E-state index contributed by atoms with van der Waals surface area (Å²) in [4.78, 5) is 136. The molecule has 0 aromatic rings. The number of nitrogens with zero attached hydrogens (tertiary/aromatic N) is 1. The minimum atomic E-state index is -2.31.